The Morgan fingerprint density at radius 2 is 1.82 bits per heavy atom. The van der Waals surface area contributed by atoms with Crippen LogP contribution in [0.1, 0.15) is 59.8 Å². The molecule has 1 aliphatic heterocycles. The summed E-state index contributed by atoms with van der Waals surface area (Å²) >= 11 is 6.19. The Kier molecular flexibility index (Phi) is 14.6. The van der Waals surface area contributed by atoms with Crippen LogP contribution in [0, 0.1) is 17.3 Å². The lowest BCUT2D eigenvalue weighted by molar-refractivity contribution is 0.0753. The summed E-state index contributed by atoms with van der Waals surface area (Å²) in [6.07, 6.45) is 14.9. The van der Waals surface area contributed by atoms with Crippen molar-refractivity contribution in [3.63, 3.8) is 0 Å². The molecule has 3 rings (SSSR count). The van der Waals surface area contributed by atoms with Gasteiger partial charge in [0.15, 0.2) is 0 Å². The van der Waals surface area contributed by atoms with E-state index in [0.29, 0.717) is 11.3 Å². The SMILES string of the molecule is C.CC1(C)CN(CCNCC2CCCC2)CCC1C1=CCC(Cl)C=C1.O.O.O. The molecule has 28 heavy (non-hydrogen) atoms. The Hall–Kier alpha value is -0.430. The molecular formula is C22H45ClN2O3. The third-order valence-corrected chi connectivity index (χ3v) is 6.62. The third-order valence-electron chi connectivity index (χ3n) is 6.30. The molecule has 1 heterocycles. The summed E-state index contributed by atoms with van der Waals surface area (Å²) < 4.78 is 0. The van der Waals surface area contributed by atoms with Crippen LogP contribution in [-0.4, -0.2) is 59.4 Å². The smallest absolute Gasteiger partial charge is 0.0553 e. The Bertz CT molecular complexity index is 476. The van der Waals surface area contributed by atoms with Gasteiger partial charge in [0.2, 0.25) is 0 Å². The molecule has 6 heteroatoms. The summed E-state index contributed by atoms with van der Waals surface area (Å²) in [5.74, 6) is 1.63. The summed E-state index contributed by atoms with van der Waals surface area (Å²) in [7, 11) is 0. The van der Waals surface area contributed by atoms with E-state index in [1.165, 1.54) is 63.9 Å². The molecule has 7 N–H and O–H groups in total. The van der Waals surface area contributed by atoms with Crippen LogP contribution in [0.2, 0.25) is 0 Å². The van der Waals surface area contributed by atoms with Crippen molar-refractivity contribution in [2.24, 2.45) is 17.3 Å². The predicted molar refractivity (Wildman–Crippen MR) is 122 cm³/mol. The fourth-order valence-electron chi connectivity index (χ4n) is 4.90. The standard InChI is InChI=1S/C21H35ClN2.CH4.3H2O/c1-21(2)16-24(14-12-23-15-17-5-3-4-6-17)13-11-20(21)18-7-9-19(22)10-8-18;;;;/h7-9,17,19-20,23H,3-6,10-16H2,1-2H3;1H4;3*1H2. The second-order valence-electron chi connectivity index (χ2n) is 8.78. The van der Waals surface area contributed by atoms with Crippen LogP contribution >= 0.6 is 11.6 Å². The minimum absolute atomic E-state index is 0. The van der Waals surface area contributed by atoms with Crippen LogP contribution in [0.4, 0.5) is 0 Å². The average Bonchev–Trinajstić information content (AvgIpc) is 3.05. The fraction of sp³-hybridized carbons (Fsp3) is 0.818. The van der Waals surface area contributed by atoms with Crippen LogP contribution in [0.25, 0.3) is 0 Å². The number of hydrogen-bond donors (Lipinski definition) is 1. The van der Waals surface area contributed by atoms with Gasteiger partial charge in [-0.1, -0.05) is 52.3 Å². The van der Waals surface area contributed by atoms with Gasteiger partial charge < -0.3 is 26.6 Å². The van der Waals surface area contributed by atoms with E-state index in [1.54, 1.807) is 0 Å². The molecule has 3 aliphatic rings. The molecule has 0 radical (unpaired) electrons. The summed E-state index contributed by atoms with van der Waals surface area (Å²) in [6.45, 7) is 10.9. The van der Waals surface area contributed by atoms with Gasteiger partial charge in [-0.25, -0.2) is 0 Å². The van der Waals surface area contributed by atoms with E-state index in [4.69, 9.17) is 11.6 Å². The monoisotopic (exact) mass is 420 g/mol. The molecular weight excluding hydrogens is 376 g/mol. The fourth-order valence-corrected chi connectivity index (χ4v) is 5.07. The van der Waals surface area contributed by atoms with Gasteiger partial charge in [0.05, 0.1) is 5.38 Å². The minimum atomic E-state index is 0. The Balaban J connectivity index is 0. The van der Waals surface area contributed by atoms with E-state index in [2.05, 4.69) is 42.3 Å². The lowest BCUT2D eigenvalue weighted by Crippen LogP contribution is -2.48. The van der Waals surface area contributed by atoms with Gasteiger partial charge >= 0.3 is 0 Å². The summed E-state index contributed by atoms with van der Waals surface area (Å²) in [4.78, 5) is 2.66. The van der Waals surface area contributed by atoms with Gasteiger partial charge in [-0.05, 0) is 61.6 Å². The lowest BCUT2D eigenvalue weighted by atomic mass is 9.69. The number of likely N-dealkylation sites (tertiary alicyclic amines) is 1. The largest absolute Gasteiger partial charge is 0.412 e. The first-order valence-corrected chi connectivity index (χ1v) is 10.4. The van der Waals surface area contributed by atoms with Gasteiger partial charge in [0, 0.05) is 19.6 Å². The van der Waals surface area contributed by atoms with Crippen molar-refractivity contribution in [2.75, 3.05) is 32.7 Å². The highest BCUT2D eigenvalue weighted by Gasteiger charge is 2.37. The van der Waals surface area contributed by atoms with Gasteiger partial charge in [-0.3, -0.25) is 0 Å². The molecule has 168 valence electrons. The zero-order chi connectivity index (χ0) is 17.0. The zero-order valence-corrected chi connectivity index (χ0v) is 17.8. The molecule has 0 aromatic heterocycles. The highest BCUT2D eigenvalue weighted by atomic mass is 35.5. The molecule has 2 unspecified atom stereocenters. The average molecular weight is 421 g/mol. The highest BCUT2D eigenvalue weighted by Crippen LogP contribution is 2.41. The molecule has 2 atom stereocenters. The van der Waals surface area contributed by atoms with Crippen molar-refractivity contribution in [1.82, 2.24) is 10.2 Å². The van der Waals surface area contributed by atoms with E-state index in [1.807, 2.05) is 0 Å². The van der Waals surface area contributed by atoms with E-state index in [9.17, 15) is 0 Å². The van der Waals surface area contributed by atoms with Crippen molar-refractivity contribution in [3.8, 4) is 0 Å². The molecule has 2 fully saturated rings. The van der Waals surface area contributed by atoms with Crippen molar-refractivity contribution >= 4 is 11.6 Å². The molecule has 1 saturated heterocycles. The molecule has 0 aromatic rings. The molecule has 5 nitrogen and oxygen atoms in total. The van der Waals surface area contributed by atoms with E-state index < -0.39 is 0 Å². The number of nitrogens with one attached hydrogen (secondary N) is 1. The van der Waals surface area contributed by atoms with Crippen LogP contribution < -0.4 is 5.32 Å². The van der Waals surface area contributed by atoms with Crippen molar-refractivity contribution in [3.05, 3.63) is 23.8 Å². The topological polar surface area (TPSA) is 110 Å². The third kappa shape index (κ3) is 8.13. The van der Waals surface area contributed by atoms with Crippen molar-refractivity contribution < 1.29 is 16.4 Å². The van der Waals surface area contributed by atoms with Crippen LogP contribution in [0.15, 0.2) is 23.8 Å². The number of hydrogen-bond acceptors (Lipinski definition) is 2. The van der Waals surface area contributed by atoms with Crippen LogP contribution in [-0.2, 0) is 0 Å². The first-order valence-electron chi connectivity index (χ1n) is 10.00. The number of rotatable bonds is 6. The lowest BCUT2D eigenvalue weighted by Gasteiger charge is -2.45. The molecule has 1 saturated carbocycles. The zero-order valence-electron chi connectivity index (χ0n) is 17.1. The highest BCUT2D eigenvalue weighted by molar-refractivity contribution is 6.22. The number of piperidine rings is 1. The van der Waals surface area contributed by atoms with Gasteiger partial charge in [0.1, 0.15) is 0 Å². The number of allylic oxidation sites excluding steroid dienone is 4. The normalized spacial score (nSPS) is 26.9. The Morgan fingerprint density at radius 3 is 2.39 bits per heavy atom. The summed E-state index contributed by atoms with van der Waals surface area (Å²) in [5.41, 5.74) is 1.87. The van der Waals surface area contributed by atoms with E-state index in [0.717, 1.165) is 18.9 Å². The van der Waals surface area contributed by atoms with Gasteiger partial charge in [-0.2, -0.15) is 0 Å². The number of nitrogens with zero attached hydrogens (tertiary/aromatic N) is 1. The first-order chi connectivity index (χ1) is 11.5. The summed E-state index contributed by atoms with van der Waals surface area (Å²) in [5, 5.41) is 3.90. The van der Waals surface area contributed by atoms with Crippen LogP contribution in [0.5, 0.6) is 0 Å². The maximum Gasteiger partial charge on any atom is 0.0553 e. The maximum atomic E-state index is 6.19. The maximum absolute atomic E-state index is 6.19. The van der Waals surface area contributed by atoms with E-state index in [-0.39, 0.29) is 29.2 Å². The number of halogens is 1. The molecule has 0 bridgehead atoms. The predicted octanol–water partition coefficient (Wildman–Crippen LogP) is 2.77. The molecule has 2 aliphatic carbocycles. The Labute approximate surface area is 177 Å². The Morgan fingerprint density at radius 1 is 1.14 bits per heavy atom. The molecule has 0 spiro atoms. The molecule has 0 aromatic carbocycles. The van der Waals surface area contributed by atoms with E-state index >= 15 is 0 Å². The van der Waals surface area contributed by atoms with Gasteiger partial charge in [0.25, 0.3) is 0 Å². The molecule has 0 amide bonds. The minimum Gasteiger partial charge on any atom is -0.412 e. The van der Waals surface area contributed by atoms with Gasteiger partial charge in [-0.15, -0.1) is 11.6 Å². The second-order valence-corrected chi connectivity index (χ2v) is 9.34. The quantitative estimate of drug-likeness (QED) is 0.526. The van der Waals surface area contributed by atoms with Crippen molar-refractivity contribution in [2.45, 2.75) is 65.2 Å². The number of alkyl halides is 1. The van der Waals surface area contributed by atoms with Crippen LogP contribution in [0.3, 0.4) is 0 Å². The summed E-state index contributed by atoms with van der Waals surface area (Å²) in [6, 6.07) is 0. The second kappa shape index (κ2) is 13.7. The first kappa shape index (κ1) is 29.8. The van der Waals surface area contributed by atoms with Crippen molar-refractivity contribution in [1.29, 1.82) is 0 Å².